The van der Waals surface area contributed by atoms with Crippen LogP contribution in [0.5, 0.6) is 5.75 Å². The van der Waals surface area contributed by atoms with Crippen molar-refractivity contribution < 1.29 is 23.8 Å². The van der Waals surface area contributed by atoms with Crippen LogP contribution in [0.15, 0.2) is 41.2 Å². The van der Waals surface area contributed by atoms with Gasteiger partial charge in [-0.1, -0.05) is 0 Å². The summed E-state index contributed by atoms with van der Waals surface area (Å²) in [6, 6.07) is 7.04. The van der Waals surface area contributed by atoms with E-state index in [-0.39, 0.29) is 28.9 Å². The summed E-state index contributed by atoms with van der Waals surface area (Å²) >= 11 is 6.30. The van der Waals surface area contributed by atoms with E-state index in [9.17, 15) is 19.1 Å². The molecule has 3 heterocycles. The highest BCUT2D eigenvalue weighted by molar-refractivity contribution is 7.80. The highest BCUT2D eigenvalue weighted by atomic mass is 32.1. The Balaban J connectivity index is 1.43. The van der Waals surface area contributed by atoms with E-state index in [1.807, 2.05) is 11.4 Å². The van der Waals surface area contributed by atoms with Gasteiger partial charge >= 0.3 is 5.97 Å². The van der Waals surface area contributed by atoms with Crippen LogP contribution in [0.25, 0.3) is 10.9 Å². The minimum Gasteiger partial charge on any atom is -0.497 e. The Kier molecular flexibility index (Phi) is 7.85. The largest absolute Gasteiger partial charge is 0.497 e. The van der Waals surface area contributed by atoms with Crippen molar-refractivity contribution in [2.75, 3.05) is 26.7 Å². The second-order valence-corrected chi connectivity index (χ2v) is 10.1. The maximum Gasteiger partial charge on any atom is 0.308 e. The van der Waals surface area contributed by atoms with Gasteiger partial charge in [0.2, 0.25) is 0 Å². The highest BCUT2D eigenvalue weighted by Gasteiger charge is 2.35. The lowest BCUT2D eigenvalue weighted by atomic mass is 9.81. The molecule has 0 radical (unpaired) electrons. The molecule has 1 aliphatic rings. The number of fused-ring (bicyclic) bond motifs is 1. The Morgan fingerprint density at radius 2 is 2.21 bits per heavy atom. The maximum atomic E-state index is 14.6. The van der Waals surface area contributed by atoms with Crippen LogP contribution in [0.2, 0.25) is 0 Å². The third-order valence-corrected chi connectivity index (χ3v) is 7.73. The number of hydrogen-bond donors (Lipinski definition) is 2. The Morgan fingerprint density at radius 1 is 1.38 bits per heavy atom. The predicted molar refractivity (Wildman–Crippen MR) is 134 cm³/mol. The van der Waals surface area contributed by atoms with Crippen LogP contribution in [0.4, 0.5) is 4.39 Å². The number of benzene rings is 1. The normalized spacial score (nSPS) is 19.7. The first kappa shape index (κ1) is 24.6. The molecule has 1 aliphatic heterocycles. The van der Waals surface area contributed by atoms with E-state index < -0.39 is 17.7 Å². The van der Waals surface area contributed by atoms with Crippen molar-refractivity contribution in [2.24, 2.45) is 11.8 Å². The van der Waals surface area contributed by atoms with Gasteiger partial charge in [0, 0.05) is 30.1 Å². The summed E-state index contributed by atoms with van der Waals surface area (Å²) in [5, 5.41) is 14.4. The third-order valence-electron chi connectivity index (χ3n) is 6.57. The molecule has 1 aromatic carbocycles. The number of Topliss-reactive ketones (excluding diaryl/α,β-unsaturated/α-hetero) is 1. The molecule has 2 aromatic heterocycles. The van der Waals surface area contributed by atoms with Gasteiger partial charge in [-0.2, -0.15) is 24.0 Å². The molecule has 0 bridgehead atoms. The van der Waals surface area contributed by atoms with E-state index in [2.05, 4.69) is 27.9 Å². The number of carbonyl (C=O) groups excluding carboxylic acids is 1. The monoisotopic (exact) mass is 502 g/mol. The summed E-state index contributed by atoms with van der Waals surface area (Å²) in [6.07, 6.45) is 2.20. The number of aliphatic carboxylic acids is 1. The lowest BCUT2D eigenvalue weighted by Gasteiger charge is -2.37. The standard InChI is InChI=1S/C25H27FN2O4S2/c1-32-17-3-4-21-18(10-17)24(20(26)11-27-21)22(29)5-2-15-6-8-28(12-19(15)25(30)31)13-23(33)16-7-9-34-14-16/h3-4,7,9-11,14-15,19,23,33H,2,5-6,8,12-13H2,1H3,(H,30,31)/t15-,19+,23?/m0/s1. The maximum absolute atomic E-state index is 14.6. The van der Waals surface area contributed by atoms with E-state index in [0.717, 1.165) is 18.3 Å². The zero-order valence-corrected chi connectivity index (χ0v) is 20.5. The molecule has 180 valence electrons. The van der Waals surface area contributed by atoms with Gasteiger partial charge in [-0.05, 0) is 65.9 Å². The van der Waals surface area contributed by atoms with E-state index in [0.29, 0.717) is 42.6 Å². The number of carboxylic acid groups (broad SMARTS) is 1. The fraction of sp³-hybridized carbons (Fsp3) is 0.400. The molecule has 0 saturated carbocycles. The zero-order valence-electron chi connectivity index (χ0n) is 18.8. The average Bonchev–Trinajstić information content (AvgIpc) is 3.37. The number of aromatic nitrogens is 1. The van der Waals surface area contributed by atoms with E-state index in [1.54, 1.807) is 29.5 Å². The summed E-state index contributed by atoms with van der Waals surface area (Å²) in [7, 11) is 1.50. The number of ketones is 1. The van der Waals surface area contributed by atoms with Crippen molar-refractivity contribution in [3.63, 3.8) is 0 Å². The molecule has 6 nitrogen and oxygen atoms in total. The van der Waals surface area contributed by atoms with Gasteiger partial charge in [0.05, 0.1) is 30.3 Å². The first-order valence-electron chi connectivity index (χ1n) is 11.2. The molecule has 3 atom stereocenters. The SMILES string of the molecule is COc1ccc2ncc(F)c(C(=O)CC[C@H]3CCN(CC(S)c4ccsc4)C[C@H]3C(=O)O)c2c1. The van der Waals surface area contributed by atoms with Crippen LogP contribution in [-0.4, -0.2) is 53.5 Å². The number of carboxylic acids is 1. The lowest BCUT2D eigenvalue weighted by molar-refractivity contribution is -0.146. The number of thiol groups is 1. The van der Waals surface area contributed by atoms with Crippen LogP contribution >= 0.6 is 24.0 Å². The Morgan fingerprint density at radius 3 is 2.91 bits per heavy atom. The van der Waals surface area contributed by atoms with Crippen LogP contribution in [0, 0.1) is 17.7 Å². The van der Waals surface area contributed by atoms with Crippen LogP contribution in [-0.2, 0) is 4.79 Å². The summed E-state index contributed by atoms with van der Waals surface area (Å²) in [5.74, 6) is -2.11. The summed E-state index contributed by atoms with van der Waals surface area (Å²) in [5.41, 5.74) is 1.63. The number of hydrogen-bond acceptors (Lipinski definition) is 7. The topological polar surface area (TPSA) is 79.7 Å². The van der Waals surface area contributed by atoms with Crippen molar-refractivity contribution in [2.45, 2.75) is 24.5 Å². The second kappa shape index (κ2) is 10.8. The van der Waals surface area contributed by atoms with Gasteiger partial charge in [-0.3, -0.25) is 14.6 Å². The molecular weight excluding hydrogens is 475 g/mol. The van der Waals surface area contributed by atoms with Gasteiger partial charge in [0.25, 0.3) is 0 Å². The van der Waals surface area contributed by atoms with Gasteiger partial charge in [-0.15, -0.1) is 0 Å². The lowest BCUT2D eigenvalue weighted by Crippen LogP contribution is -2.45. The molecule has 1 unspecified atom stereocenters. The van der Waals surface area contributed by atoms with E-state index in [1.165, 1.54) is 7.11 Å². The number of rotatable bonds is 9. The number of piperidine rings is 1. The van der Waals surface area contributed by atoms with Gasteiger partial charge < -0.3 is 14.7 Å². The van der Waals surface area contributed by atoms with Crippen LogP contribution in [0.3, 0.4) is 0 Å². The number of halogens is 1. The van der Waals surface area contributed by atoms with Crippen LogP contribution < -0.4 is 4.74 Å². The van der Waals surface area contributed by atoms with Crippen molar-refractivity contribution in [3.05, 3.63) is 58.2 Å². The molecule has 1 N–H and O–H groups in total. The first-order valence-corrected chi connectivity index (χ1v) is 12.6. The van der Waals surface area contributed by atoms with E-state index in [4.69, 9.17) is 4.74 Å². The fourth-order valence-electron chi connectivity index (χ4n) is 4.67. The van der Waals surface area contributed by atoms with E-state index >= 15 is 0 Å². The first-order chi connectivity index (χ1) is 16.4. The Hall–Kier alpha value is -2.49. The smallest absolute Gasteiger partial charge is 0.308 e. The zero-order chi connectivity index (χ0) is 24.2. The predicted octanol–water partition coefficient (Wildman–Crippen LogP) is 5.10. The quantitative estimate of drug-likeness (QED) is 0.313. The minimum absolute atomic E-state index is 0.0121. The molecular formula is C25H27FN2O4S2. The molecule has 34 heavy (non-hydrogen) atoms. The number of ether oxygens (including phenoxy) is 1. The second-order valence-electron chi connectivity index (χ2n) is 8.65. The number of carbonyl (C=O) groups is 2. The Bertz CT molecular complexity index is 1170. The summed E-state index contributed by atoms with van der Waals surface area (Å²) in [4.78, 5) is 31.3. The molecule has 1 saturated heterocycles. The fourth-order valence-corrected chi connectivity index (χ4v) is 5.88. The van der Waals surface area contributed by atoms with Crippen molar-refractivity contribution >= 4 is 46.6 Å². The van der Waals surface area contributed by atoms with Crippen molar-refractivity contribution in [1.29, 1.82) is 0 Å². The summed E-state index contributed by atoms with van der Waals surface area (Å²) < 4.78 is 19.9. The summed E-state index contributed by atoms with van der Waals surface area (Å²) in [6.45, 7) is 1.83. The van der Waals surface area contributed by atoms with Gasteiger partial charge in [0.15, 0.2) is 11.6 Å². The molecule has 1 fully saturated rings. The highest BCUT2D eigenvalue weighted by Crippen LogP contribution is 2.32. The van der Waals surface area contributed by atoms with Gasteiger partial charge in [-0.25, -0.2) is 4.39 Å². The average molecular weight is 503 g/mol. The number of methoxy groups -OCH3 is 1. The number of pyridine rings is 1. The number of likely N-dealkylation sites (tertiary alicyclic amines) is 1. The van der Waals surface area contributed by atoms with Crippen molar-refractivity contribution in [3.8, 4) is 5.75 Å². The Labute approximate surface area is 207 Å². The molecule has 3 aromatic rings. The molecule has 4 rings (SSSR count). The number of thiophene rings is 1. The minimum atomic E-state index is -0.862. The third kappa shape index (κ3) is 5.42. The molecule has 0 amide bonds. The van der Waals surface area contributed by atoms with Crippen LogP contribution in [0.1, 0.15) is 40.4 Å². The van der Waals surface area contributed by atoms with Crippen molar-refractivity contribution in [1.82, 2.24) is 9.88 Å². The van der Waals surface area contributed by atoms with Gasteiger partial charge in [0.1, 0.15) is 5.75 Å². The molecule has 9 heteroatoms. The number of nitrogens with zero attached hydrogens (tertiary/aromatic N) is 2. The molecule has 0 aliphatic carbocycles. The molecule has 0 spiro atoms.